The molecule has 1 fully saturated rings. The molecule has 104 valence electrons. The van der Waals surface area contributed by atoms with Gasteiger partial charge < -0.3 is 10.1 Å². The Morgan fingerprint density at radius 1 is 1.20 bits per heavy atom. The van der Waals surface area contributed by atoms with Crippen molar-refractivity contribution in [3.05, 3.63) is 57.5 Å². The normalized spacial score (nSPS) is 14.3. The van der Waals surface area contributed by atoms with Crippen molar-refractivity contribution in [1.29, 1.82) is 0 Å². The third-order valence-corrected chi connectivity index (χ3v) is 4.00. The summed E-state index contributed by atoms with van der Waals surface area (Å²) in [6.07, 6.45) is 2.59. The minimum Gasteiger partial charge on any atom is -0.456 e. The predicted octanol–water partition coefficient (Wildman–Crippen LogP) is 5.15. The Kier molecular flexibility index (Phi) is 4.29. The summed E-state index contributed by atoms with van der Waals surface area (Å²) in [5.74, 6) is 1.47. The first-order valence-electron chi connectivity index (χ1n) is 6.66. The first-order valence-corrected chi connectivity index (χ1v) is 7.83. The lowest BCUT2D eigenvalue weighted by atomic mass is 10.2. The Bertz CT molecular complexity index is 613. The first kappa shape index (κ1) is 13.9. The van der Waals surface area contributed by atoms with E-state index in [9.17, 15) is 0 Å². The van der Waals surface area contributed by atoms with Crippen molar-refractivity contribution < 1.29 is 4.74 Å². The smallest absolute Gasteiger partial charge is 0.147 e. The van der Waals surface area contributed by atoms with Crippen molar-refractivity contribution in [2.45, 2.75) is 25.4 Å². The fraction of sp³-hybridized carbons (Fsp3) is 0.250. The van der Waals surface area contributed by atoms with Crippen LogP contribution in [-0.2, 0) is 6.54 Å². The molecular weight excluding hydrogens is 338 g/mol. The summed E-state index contributed by atoms with van der Waals surface area (Å²) in [6, 6.07) is 14.4. The van der Waals surface area contributed by atoms with E-state index in [0.29, 0.717) is 16.8 Å². The number of hydrogen-bond acceptors (Lipinski definition) is 2. The van der Waals surface area contributed by atoms with E-state index in [0.717, 1.165) is 16.8 Å². The van der Waals surface area contributed by atoms with Gasteiger partial charge in [-0.3, -0.25) is 0 Å². The van der Waals surface area contributed by atoms with Crippen LogP contribution in [0.4, 0.5) is 0 Å². The summed E-state index contributed by atoms with van der Waals surface area (Å²) in [5, 5.41) is 4.10. The highest BCUT2D eigenvalue weighted by molar-refractivity contribution is 9.10. The maximum atomic E-state index is 6.14. The topological polar surface area (TPSA) is 21.3 Å². The summed E-state index contributed by atoms with van der Waals surface area (Å²) in [4.78, 5) is 0. The molecule has 1 saturated carbocycles. The van der Waals surface area contributed by atoms with Gasteiger partial charge in [-0.1, -0.05) is 39.7 Å². The average molecular weight is 353 g/mol. The van der Waals surface area contributed by atoms with E-state index in [1.165, 1.54) is 18.4 Å². The van der Waals surface area contributed by atoms with Gasteiger partial charge in [-0.05, 0) is 48.7 Å². The van der Waals surface area contributed by atoms with E-state index in [1.54, 1.807) is 0 Å². The molecule has 3 rings (SSSR count). The van der Waals surface area contributed by atoms with Crippen molar-refractivity contribution in [2.24, 2.45) is 0 Å². The Morgan fingerprint density at radius 3 is 2.85 bits per heavy atom. The predicted molar refractivity (Wildman–Crippen MR) is 85.5 cm³/mol. The number of nitrogens with one attached hydrogen (secondary N) is 1. The third kappa shape index (κ3) is 3.75. The monoisotopic (exact) mass is 351 g/mol. The van der Waals surface area contributed by atoms with Crippen molar-refractivity contribution in [2.75, 3.05) is 0 Å². The van der Waals surface area contributed by atoms with Gasteiger partial charge in [-0.2, -0.15) is 0 Å². The third-order valence-electron chi connectivity index (χ3n) is 3.19. The van der Waals surface area contributed by atoms with Crippen LogP contribution in [0.1, 0.15) is 18.4 Å². The summed E-state index contributed by atoms with van der Waals surface area (Å²) in [6.45, 7) is 0.883. The van der Waals surface area contributed by atoms with Gasteiger partial charge in [0.1, 0.15) is 11.5 Å². The van der Waals surface area contributed by atoms with E-state index in [4.69, 9.17) is 16.3 Å². The lowest BCUT2D eigenvalue weighted by Gasteiger charge is -2.10. The van der Waals surface area contributed by atoms with Gasteiger partial charge in [0, 0.05) is 17.1 Å². The van der Waals surface area contributed by atoms with Crippen LogP contribution in [0.5, 0.6) is 11.5 Å². The highest BCUT2D eigenvalue weighted by Crippen LogP contribution is 2.32. The average Bonchev–Trinajstić information content (AvgIpc) is 3.25. The van der Waals surface area contributed by atoms with Crippen LogP contribution < -0.4 is 10.1 Å². The van der Waals surface area contributed by atoms with Crippen LogP contribution in [0.3, 0.4) is 0 Å². The quantitative estimate of drug-likeness (QED) is 0.804. The molecule has 20 heavy (non-hydrogen) atoms. The highest BCUT2D eigenvalue weighted by atomic mass is 79.9. The van der Waals surface area contributed by atoms with E-state index in [2.05, 4.69) is 27.3 Å². The molecule has 0 aromatic heterocycles. The van der Waals surface area contributed by atoms with Crippen LogP contribution in [0, 0.1) is 0 Å². The standard InChI is InChI=1S/C16H15BrClNO/c17-12-4-7-15(18)16(9-12)20-14-3-1-2-11(8-14)10-19-13-5-6-13/h1-4,7-9,13,19H,5-6,10H2. The summed E-state index contributed by atoms with van der Waals surface area (Å²) >= 11 is 9.56. The van der Waals surface area contributed by atoms with Gasteiger partial charge in [-0.25, -0.2) is 0 Å². The molecule has 1 N–H and O–H groups in total. The maximum absolute atomic E-state index is 6.14. The second kappa shape index (κ2) is 6.17. The summed E-state index contributed by atoms with van der Waals surface area (Å²) in [7, 11) is 0. The van der Waals surface area contributed by atoms with Crippen molar-refractivity contribution in [3.63, 3.8) is 0 Å². The van der Waals surface area contributed by atoms with Crippen molar-refractivity contribution >= 4 is 27.5 Å². The van der Waals surface area contributed by atoms with Gasteiger partial charge in [0.05, 0.1) is 5.02 Å². The molecule has 0 aliphatic heterocycles. The lowest BCUT2D eigenvalue weighted by molar-refractivity contribution is 0.481. The minimum atomic E-state index is 0.606. The van der Waals surface area contributed by atoms with Crippen molar-refractivity contribution in [3.8, 4) is 11.5 Å². The number of halogens is 2. The lowest BCUT2D eigenvalue weighted by Crippen LogP contribution is -2.15. The Balaban J connectivity index is 1.72. The van der Waals surface area contributed by atoms with Crippen LogP contribution in [0.2, 0.25) is 5.02 Å². The molecule has 0 saturated heterocycles. The fourth-order valence-corrected chi connectivity index (χ4v) is 2.45. The Morgan fingerprint density at radius 2 is 2.05 bits per heavy atom. The molecule has 2 aromatic carbocycles. The van der Waals surface area contributed by atoms with E-state index in [-0.39, 0.29) is 0 Å². The molecule has 2 nitrogen and oxygen atoms in total. The van der Waals surface area contributed by atoms with Gasteiger partial charge >= 0.3 is 0 Å². The largest absolute Gasteiger partial charge is 0.456 e. The zero-order chi connectivity index (χ0) is 13.9. The molecule has 0 heterocycles. The zero-order valence-electron chi connectivity index (χ0n) is 10.9. The van der Waals surface area contributed by atoms with Crippen LogP contribution in [0.25, 0.3) is 0 Å². The Labute approximate surface area is 132 Å². The van der Waals surface area contributed by atoms with Crippen LogP contribution in [0.15, 0.2) is 46.9 Å². The highest BCUT2D eigenvalue weighted by Gasteiger charge is 2.19. The molecule has 4 heteroatoms. The van der Waals surface area contributed by atoms with Crippen LogP contribution in [-0.4, -0.2) is 6.04 Å². The van der Waals surface area contributed by atoms with Crippen molar-refractivity contribution in [1.82, 2.24) is 5.32 Å². The fourth-order valence-electron chi connectivity index (χ4n) is 1.95. The van der Waals surface area contributed by atoms with Gasteiger partial charge in [0.25, 0.3) is 0 Å². The summed E-state index contributed by atoms with van der Waals surface area (Å²) < 4.78 is 6.81. The van der Waals surface area contributed by atoms with E-state index < -0.39 is 0 Å². The molecule has 0 radical (unpaired) electrons. The van der Waals surface area contributed by atoms with E-state index in [1.807, 2.05) is 36.4 Å². The number of ether oxygens (including phenoxy) is 1. The molecule has 2 aromatic rings. The molecule has 0 amide bonds. The SMILES string of the molecule is Clc1ccc(Br)cc1Oc1cccc(CNC2CC2)c1. The van der Waals surface area contributed by atoms with Gasteiger partial charge in [0.2, 0.25) is 0 Å². The van der Waals surface area contributed by atoms with E-state index >= 15 is 0 Å². The van der Waals surface area contributed by atoms with Crippen LogP contribution >= 0.6 is 27.5 Å². The molecule has 0 atom stereocenters. The maximum Gasteiger partial charge on any atom is 0.147 e. The molecule has 0 spiro atoms. The molecule has 1 aliphatic rings. The second-order valence-electron chi connectivity index (χ2n) is 4.98. The zero-order valence-corrected chi connectivity index (χ0v) is 13.2. The van der Waals surface area contributed by atoms with Gasteiger partial charge in [-0.15, -0.1) is 0 Å². The molecule has 0 bridgehead atoms. The molecule has 0 unspecified atom stereocenters. The first-order chi connectivity index (χ1) is 9.70. The minimum absolute atomic E-state index is 0.606. The number of hydrogen-bond donors (Lipinski definition) is 1. The second-order valence-corrected chi connectivity index (χ2v) is 6.30. The molecular formula is C16H15BrClNO. The summed E-state index contributed by atoms with van der Waals surface area (Å²) in [5.41, 5.74) is 1.22. The van der Waals surface area contributed by atoms with Gasteiger partial charge in [0.15, 0.2) is 0 Å². The number of benzene rings is 2. The number of rotatable bonds is 5. The molecule has 1 aliphatic carbocycles. The Hall–Kier alpha value is -1.03.